The first-order chi connectivity index (χ1) is 14.0. The molecule has 0 spiro atoms. The normalized spacial score (nSPS) is 12.8. The molecular weight excluding hydrogens is 372 g/mol. The van der Waals surface area contributed by atoms with Crippen LogP contribution in [0, 0.1) is 5.92 Å². The summed E-state index contributed by atoms with van der Waals surface area (Å²) in [4.78, 5) is 16.9. The van der Waals surface area contributed by atoms with Crippen LogP contribution >= 0.6 is 0 Å². The molecular formula is C20H24N6O3. The van der Waals surface area contributed by atoms with Gasteiger partial charge in [-0.25, -0.2) is 4.98 Å². The smallest absolute Gasteiger partial charge is 0.224 e. The number of fused-ring (bicyclic) bond motifs is 2. The largest absolute Gasteiger partial charge is 0.486 e. The predicted molar refractivity (Wildman–Crippen MR) is 111 cm³/mol. The van der Waals surface area contributed by atoms with Crippen LogP contribution in [0.4, 0.5) is 23.0 Å². The Morgan fingerprint density at radius 2 is 2.07 bits per heavy atom. The lowest BCUT2D eigenvalue weighted by Crippen LogP contribution is -2.16. The van der Waals surface area contributed by atoms with Crippen molar-refractivity contribution in [2.45, 2.75) is 20.3 Å². The van der Waals surface area contributed by atoms with Crippen LogP contribution < -0.4 is 25.4 Å². The molecule has 3 aromatic rings. The van der Waals surface area contributed by atoms with Crippen molar-refractivity contribution >= 4 is 34.6 Å². The fourth-order valence-electron chi connectivity index (χ4n) is 3.18. The monoisotopic (exact) mass is 396 g/mol. The molecule has 1 amide bonds. The van der Waals surface area contributed by atoms with Crippen molar-refractivity contribution < 1.29 is 14.3 Å². The van der Waals surface area contributed by atoms with Crippen molar-refractivity contribution in [1.29, 1.82) is 0 Å². The molecule has 9 heteroatoms. The van der Waals surface area contributed by atoms with Crippen molar-refractivity contribution in [3.8, 4) is 11.5 Å². The minimum absolute atomic E-state index is 0.0660. The first kappa shape index (κ1) is 18.9. The van der Waals surface area contributed by atoms with Gasteiger partial charge in [0.15, 0.2) is 17.1 Å². The Hall–Kier alpha value is -3.49. The Bertz CT molecular complexity index is 1050. The summed E-state index contributed by atoms with van der Waals surface area (Å²) in [5.41, 5.74) is 1.86. The zero-order valence-corrected chi connectivity index (χ0v) is 16.7. The van der Waals surface area contributed by atoms with Crippen molar-refractivity contribution in [2.75, 3.05) is 36.2 Å². The molecule has 0 unspecified atom stereocenters. The summed E-state index contributed by atoms with van der Waals surface area (Å²) in [5, 5.41) is 13.6. The van der Waals surface area contributed by atoms with Gasteiger partial charge in [-0.15, -0.1) is 0 Å². The second-order valence-corrected chi connectivity index (χ2v) is 7.17. The molecule has 0 radical (unpaired) electrons. The maximum absolute atomic E-state index is 12.2. The number of carbonyl (C=O) groups excluding carboxylic acids is 1. The zero-order chi connectivity index (χ0) is 20.4. The number of hydrogen-bond acceptors (Lipinski definition) is 7. The molecule has 0 saturated heterocycles. The van der Waals surface area contributed by atoms with E-state index in [0.717, 1.165) is 11.5 Å². The molecule has 9 nitrogen and oxygen atoms in total. The van der Waals surface area contributed by atoms with Gasteiger partial charge in [0, 0.05) is 19.5 Å². The van der Waals surface area contributed by atoms with Gasteiger partial charge in [0.1, 0.15) is 30.5 Å². The SMILES string of the molecule is CNc1cc(Nc2cccc3c2OCCO3)nc2c(NC(=O)CC(C)C)cnn12. The van der Waals surface area contributed by atoms with E-state index in [1.807, 2.05) is 38.1 Å². The van der Waals surface area contributed by atoms with Gasteiger partial charge in [-0.05, 0) is 18.1 Å². The summed E-state index contributed by atoms with van der Waals surface area (Å²) in [6.07, 6.45) is 2.04. The third-order valence-corrected chi connectivity index (χ3v) is 4.42. The van der Waals surface area contributed by atoms with E-state index in [-0.39, 0.29) is 11.8 Å². The quantitative estimate of drug-likeness (QED) is 0.588. The Labute approximate surface area is 168 Å². The number of para-hydroxylation sites is 1. The summed E-state index contributed by atoms with van der Waals surface area (Å²) < 4.78 is 13.1. The van der Waals surface area contributed by atoms with Crippen molar-refractivity contribution in [3.63, 3.8) is 0 Å². The first-order valence-electron chi connectivity index (χ1n) is 9.57. The summed E-state index contributed by atoms with van der Waals surface area (Å²) >= 11 is 0. The van der Waals surface area contributed by atoms with E-state index in [9.17, 15) is 4.79 Å². The average molecular weight is 396 g/mol. The fraction of sp³-hybridized carbons (Fsp3) is 0.350. The molecule has 3 heterocycles. The number of aromatic nitrogens is 3. The maximum atomic E-state index is 12.2. The number of nitrogens with one attached hydrogen (secondary N) is 3. The Morgan fingerprint density at radius 1 is 1.24 bits per heavy atom. The van der Waals surface area contributed by atoms with Crippen molar-refractivity contribution in [2.24, 2.45) is 5.92 Å². The van der Waals surface area contributed by atoms with E-state index in [1.54, 1.807) is 17.8 Å². The number of carbonyl (C=O) groups is 1. The van der Waals surface area contributed by atoms with Crippen molar-refractivity contribution in [1.82, 2.24) is 14.6 Å². The fourth-order valence-corrected chi connectivity index (χ4v) is 3.18. The first-order valence-corrected chi connectivity index (χ1v) is 9.57. The van der Waals surface area contributed by atoms with Crippen LogP contribution in [-0.2, 0) is 4.79 Å². The molecule has 0 saturated carbocycles. The summed E-state index contributed by atoms with van der Waals surface area (Å²) in [5.74, 6) is 2.87. The van der Waals surface area contributed by atoms with Crippen LogP contribution in [0.25, 0.3) is 5.65 Å². The highest BCUT2D eigenvalue weighted by atomic mass is 16.6. The van der Waals surface area contributed by atoms with Gasteiger partial charge >= 0.3 is 0 Å². The molecule has 1 aliphatic rings. The molecule has 0 atom stereocenters. The lowest BCUT2D eigenvalue weighted by molar-refractivity contribution is -0.116. The molecule has 0 bridgehead atoms. The second kappa shape index (κ2) is 7.86. The van der Waals surface area contributed by atoms with Crippen LogP contribution in [0.3, 0.4) is 0 Å². The highest BCUT2D eigenvalue weighted by molar-refractivity contribution is 5.94. The van der Waals surface area contributed by atoms with Gasteiger partial charge in [-0.3, -0.25) is 4.79 Å². The number of amides is 1. The van der Waals surface area contributed by atoms with E-state index >= 15 is 0 Å². The second-order valence-electron chi connectivity index (χ2n) is 7.17. The number of rotatable bonds is 6. The molecule has 1 aliphatic heterocycles. The van der Waals surface area contributed by atoms with Gasteiger partial charge in [0.25, 0.3) is 0 Å². The molecule has 29 heavy (non-hydrogen) atoms. The molecule has 0 aliphatic carbocycles. The summed E-state index contributed by atoms with van der Waals surface area (Å²) in [6, 6.07) is 7.50. The van der Waals surface area contributed by atoms with E-state index in [4.69, 9.17) is 9.47 Å². The number of nitrogens with zero attached hydrogens (tertiary/aromatic N) is 3. The average Bonchev–Trinajstić information content (AvgIpc) is 3.09. The number of hydrogen-bond donors (Lipinski definition) is 3. The molecule has 4 rings (SSSR count). The van der Waals surface area contributed by atoms with Gasteiger partial charge in [-0.2, -0.15) is 9.61 Å². The predicted octanol–water partition coefficient (Wildman–Crippen LogP) is 3.27. The standard InChI is InChI=1S/C20H24N6O3/c1-12(2)9-18(27)24-14-11-22-26-17(21-3)10-16(25-20(14)26)23-13-5-4-6-15-19(13)29-8-7-28-15/h4-6,10-12,21H,7-9H2,1-3H3,(H,23,25)(H,24,27). The number of anilines is 4. The van der Waals surface area contributed by atoms with E-state index in [1.165, 1.54) is 0 Å². The molecule has 152 valence electrons. The third-order valence-electron chi connectivity index (χ3n) is 4.42. The van der Waals surface area contributed by atoms with Gasteiger partial charge in [-0.1, -0.05) is 19.9 Å². The minimum Gasteiger partial charge on any atom is -0.486 e. The zero-order valence-electron chi connectivity index (χ0n) is 16.7. The van der Waals surface area contributed by atoms with Crippen LogP contribution in [0.2, 0.25) is 0 Å². The van der Waals surface area contributed by atoms with E-state index < -0.39 is 0 Å². The molecule has 3 N–H and O–H groups in total. The van der Waals surface area contributed by atoms with E-state index in [0.29, 0.717) is 48.3 Å². The summed E-state index contributed by atoms with van der Waals surface area (Å²) in [7, 11) is 1.80. The van der Waals surface area contributed by atoms with Crippen LogP contribution in [-0.4, -0.2) is 40.8 Å². The van der Waals surface area contributed by atoms with Gasteiger partial charge in [0.2, 0.25) is 5.91 Å². The Balaban J connectivity index is 1.68. The maximum Gasteiger partial charge on any atom is 0.224 e. The van der Waals surface area contributed by atoms with E-state index in [2.05, 4.69) is 26.0 Å². The van der Waals surface area contributed by atoms with Crippen LogP contribution in [0.1, 0.15) is 20.3 Å². The van der Waals surface area contributed by atoms with Crippen molar-refractivity contribution in [3.05, 3.63) is 30.5 Å². The Kier molecular flexibility index (Phi) is 5.11. The lowest BCUT2D eigenvalue weighted by Gasteiger charge is -2.21. The number of ether oxygens (including phenoxy) is 2. The highest BCUT2D eigenvalue weighted by Crippen LogP contribution is 2.38. The summed E-state index contributed by atoms with van der Waals surface area (Å²) in [6.45, 7) is 5.02. The lowest BCUT2D eigenvalue weighted by atomic mass is 10.1. The van der Waals surface area contributed by atoms with Crippen LogP contribution in [0.5, 0.6) is 11.5 Å². The van der Waals surface area contributed by atoms with Gasteiger partial charge < -0.3 is 25.4 Å². The molecule has 2 aromatic heterocycles. The topological polar surface area (TPSA) is 102 Å². The molecule has 0 fully saturated rings. The third kappa shape index (κ3) is 3.89. The Morgan fingerprint density at radius 3 is 2.86 bits per heavy atom. The van der Waals surface area contributed by atoms with Gasteiger partial charge in [0.05, 0.1) is 11.9 Å². The highest BCUT2D eigenvalue weighted by Gasteiger charge is 2.18. The van der Waals surface area contributed by atoms with Crippen LogP contribution in [0.15, 0.2) is 30.5 Å². The minimum atomic E-state index is -0.0660. The molecule has 1 aromatic carbocycles. The number of benzene rings is 1.